The van der Waals surface area contributed by atoms with Gasteiger partial charge in [-0.1, -0.05) is 12.1 Å². The smallest absolute Gasteiger partial charge is 0.335 e. The number of anilines is 1. The number of amides is 1. The molecule has 5 heteroatoms. The number of aryl methyl sites for hydroxylation is 1. The van der Waals surface area contributed by atoms with Crippen LogP contribution in [-0.4, -0.2) is 22.0 Å². The molecular weight excluding hydrogens is 244 g/mol. The van der Waals surface area contributed by atoms with E-state index >= 15 is 0 Å². The lowest BCUT2D eigenvalue weighted by molar-refractivity contribution is 0.0696. The molecule has 0 saturated carbocycles. The summed E-state index contributed by atoms with van der Waals surface area (Å²) in [6, 6.07) is 11.2. The van der Waals surface area contributed by atoms with Crippen molar-refractivity contribution in [3.63, 3.8) is 0 Å². The SMILES string of the molecule is Cc1cccc(C(=O)Nc2cccc(C(=O)O)c2)n1. The van der Waals surface area contributed by atoms with Crippen LogP contribution in [0.1, 0.15) is 26.5 Å². The minimum atomic E-state index is -1.04. The maximum atomic E-state index is 11.9. The van der Waals surface area contributed by atoms with Gasteiger partial charge < -0.3 is 10.4 Å². The number of nitrogens with zero attached hydrogens (tertiary/aromatic N) is 1. The van der Waals surface area contributed by atoms with Gasteiger partial charge in [-0.05, 0) is 37.3 Å². The van der Waals surface area contributed by atoms with E-state index in [1.807, 2.05) is 0 Å². The van der Waals surface area contributed by atoms with Gasteiger partial charge in [0, 0.05) is 11.4 Å². The Morgan fingerprint density at radius 1 is 1.16 bits per heavy atom. The molecule has 0 aliphatic carbocycles. The number of hydrogen-bond donors (Lipinski definition) is 2. The van der Waals surface area contributed by atoms with Crippen molar-refractivity contribution in [1.29, 1.82) is 0 Å². The summed E-state index contributed by atoms with van der Waals surface area (Å²) in [7, 11) is 0. The molecule has 2 aromatic rings. The van der Waals surface area contributed by atoms with Gasteiger partial charge in [0.15, 0.2) is 0 Å². The monoisotopic (exact) mass is 256 g/mol. The van der Waals surface area contributed by atoms with Crippen molar-refractivity contribution in [3.8, 4) is 0 Å². The average Bonchev–Trinajstić information content (AvgIpc) is 2.39. The molecule has 0 atom stereocenters. The third-order valence-electron chi connectivity index (χ3n) is 2.49. The quantitative estimate of drug-likeness (QED) is 0.883. The second-order valence-corrected chi connectivity index (χ2v) is 4.00. The number of carboxylic acids is 1. The molecule has 0 spiro atoms. The molecule has 0 unspecified atom stereocenters. The number of carboxylic acid groups (broad SMARTS) is 1. The molecule has 0 radical (unpaired) electrons. The number of nitrogens with one attached hydrogen (secondary N) is 1. The largest absolute Gasteiger partial charge is 0.478 e. The third-order valence-corrected chi connectivity index (χ3v) is 2.49. The van der Waals surface area contributed by atoms with Gasteiger partial charge in [0.2, 0.25) is 0 Å². The van der Waals surface area contributed by atoms with Crippen LogP contribution in [0.25, 0.3) is 0 Å². The van der Waals surface area contributed by atoms with E-state index in [4.69, 9.17) is 5.11 Å². The molecule has 2 N–H and O–H groups in total. The normalized spacial score (nSPS) is 9.95. The van der Waals surface area contributed by atoms with Crippen LogP contribution in [-0.2, 0) is 0 Å². The topological polar surface area (TPSA) is 79.3 Å². The predicted octanol–water partition coefficient (Wildman–Crippen LogP) is 2.34. The zero-order valence-electron chi connectivity index (χ0n) is 10.3. The molecular formula is C14H12N2O3. The summed E-state index contributed by atoms with van der Waals surface area (Å²) < 4.78 is 0. The lowest BCUT2D eigenvalue weighted by Gasteiger charge is -2.06. The van der Waals surface area contributed by atoms with E-state index in [-0.39, 0.29) is 11.5 Å². The Labute approximate surface area is 109 Å². The van der Waals surface area contributed by atoms with Gasteiger partial charge in [-0.2, -0.15) is 0 Å². The van der Waals surface area contributed by atoms with E-state index in [9.17, 15) is 9.59 Å². The lowest BCUT2D eigenvalue weighted by Crippen LogP contribution is -2.14. The first-order chi connectivity index (χ1) is 9.06. The van der Waals surface area contributed by atoms with Crippen LogP contribution < -0.4 is 5.32 Å². The van der Waals surface area contributed by atoms with Crippen LogP contribution in [0.2, 0.25) is 0 Å². The van der Waals surface area contributed by atoms with Crippen LogP contribution >= 0.6 is 0 Å². The molecule has 0 aliphatic heterocycles. The molecule has 1 aromatic carbocycles. The molecule has 1 amide bonds. The number of benzene rings is 1. The zero-order chi connectivity index (χ0) is 13.8. The Bertz CT molecular complexity index is 638. The predicted molar refractivity (Wildman–Crippen MR) is 70.3 cm³/mol. The fourth-order valence-electron chi connectivity index (χ4n) is 1.59. The number of carbonyl (C=O) groups is 2. The van der Waals surface area contributed by atoms with E-state index in [1.165, 1.54) is 12.1 Å². The van der Waals surface area contributed by atoms with E-state index < -0.39 is 5.97 Å². The molecule has 1 heterocycles. The summed E-state index contributed by atoms with van der Waals surface area (Å²) in [6.07, 6.45) is 0. The van der Waals surface area contributed by atoms with Gasteiger partial charge >= 0.3 is 5.97 Å². The second-order valence-electron chi connectivity index (χ2n) is 4.00. The molecule has 5 nitrogen and oxygen atoms in total. The molecule has 0 fully saturated rings. The highest BCUT2D eigenvalue weighted by Gasteiger charge is 2.09. The van der Waals surface area contributed by atoms with Crippen molar-refractivity contribution in [2.45, 2.75) is 6.92 Å². The van der Waals surface area contributed by atoms with E-state index in [0.29, 0.717) is 11.4 Å². The number of carbonyl (C=O) groups excluding carboxylic acids is 1. The highest BCUT2D eigenvalue weighted by Crippen LogP contribution is 2.12. The molecule has 0 saturated heterocycles. The summed E-state index contributed by atoms with van der Waals surface area (Å²) in [5.74, 6) is -1.41. The minimum Gasteiger partial charge on any atom is -0.478 e. The molecule has 19 heavy (non-hydrogen) atoms. The van der Waals surface area contributed by atoms with Gasteiger partial charge in [-0.3, -0.25) is 4.79 Å². The number of aromatic nitrogens is 1. The Kier molecular flexibility index (Phi) is 3.56. The second kappa shape index (κ2) is 5.30. The van der Waals surface area contributed by atoms with Crippen LogP contribution in [0.5, 0.6) is 0 Å². The molecule has 0 bridgehead atoms. The van der Waals surface area contributed by atoms with Crippen LogP contribution in [0.4, 0.5) is 5.69 Å². The van der Waals surface area contributed by atoms with E-state index in [0.717, 1.165) is 5.69 Å². The fourth-order valence-corrected chi connectivity index (χ4v) is 1.59. The summed E-state index contributed by atoms with van der Waals surface area (Å²) in [5.41, 5.74) is 1.58. The van der Waals surface area contributed by atoms with Gasteiger partial charge in [0.05, 0.1) is 5.56 Å². The Balaban J connectivity index is 2.19. The summed E-state index contributed by atoms with van der Waals surface area (Å²) in [4.78, 5) is 26.9. The Morgan fingerprint density at radius 3 is 2.58 bits per heavy atom. The van der Waals surface area contributed by atoms with Gasteiger partial charge in [-0.15, -0.1) is 0 Å². The molecule has 0 aliphatic rings. The van der Waals surface area contributed by atoms with Crippen LogP contribution in [0.3, 0.4) is 0 Å². The van der Waals surface area contributed by atoms with Crippen LogP contribution in [0.15, 0.2) is 42.5 Å². The van der Waals surface area contributed by atoms with Gasteiger partial charge in [-0.25, -0.2) is 9.78 Å². The highest BCUT2D eigenvalue weighted by molar-refractivity contribution is 6.03. The first kappa shape index (κ1) is 12.8. The highest BCUT2D eigenvalue weighted by atomic mass is 16.4. The van der Waals surface area contributed by atoms with Crippen molar-refractivity contribution >= 4 is 17.6 Å². The maximum Gasteiger partial charge on any atom is 0.335 e. The number of hydrogen-bond acceptors (Lipinski definition) is 3. The molecule has 1 aromatic heterocycles. The minimum absolute atomic E-state index is 0.120. The van der Waals surface area contributed by atoms with Crippen molar-refractivity contribution < 1.29 is 14.7 Å². The summed E-state index contributed by atoms with van der Waals surface area (Å²) in [5, 5.41) is 11.5. The molecule has 96 valence electrons. The first-order valence-corrected chi connectivity index (χ1v) is 5.64. The Morgan fingerprint density at radius 2 is 1.89 bits per heavy atom. The first-order valence-electron chi connectivity index (χ1n) is 5.64. The lowest BCUT2D eigenvalue weighted by atomic mass is 10.2. The maximum absolute atomic E-state index is 11.9. The number of aromatic carboxylic acids is 1. The Hall–Kier alpha value is -2.69. The zero-order valence-corrected chi connectivity index (χ0v) is 10.3. The van der Waals surface area contributed by atoms with Crippen molar-refractivity contribution in [3.05, 3.63) is 59.4 Å². The van der Waals surface area contributed by atoms with E-state index in [2.05, 4.69) is 10.3 Å². The molecule has 2 rings (SSSR count). The third kappa shape index (κ3) is 3.16. The summed E-state index contributed by atoms with van der Waals surface area (Å²) in [6.45, 7) is 1.79. The average molecular weight is 256 g/mol. The van der Waals surface area contributed by atoms with Crippen LogP contribution in [0, 0.1) is 6.92 Å². The number of rotatable bonds is 3. The van der Waals surface area contributed by atoms with E-state index in [1.54, 1.807) is 37.3 Å². The summed E-state index contributed by atoms with van der Waals surface area (Å²) >= 11 is 0. The van der Waals surface area contributed by atoms with Gasteiger partial charge in [0.25, 0.3) is 5.91 Å². The standard InChI is InChI=1S/C14H12N2O3/c1-9-4-2-7-12(15-9)13(17)16-11-6-3-5-10(8-11)14(18)19/h2-8H,1H3,(H,16,17)(H,18,19). The van der Waals surface area contributed by atoms with Gasteiger partial charge in [0.1, 0.15) is 5.69 Å². The van der Waals surface area contributed by atoms with Crippen molar-refractivity contribution in [2.24, 2.45) is 0 Å². The fraction of sp³-hybridized carbons (Fsp3) is 0.0714. The van der Waals surface area contributed by atoms with Crippen molar-refractivity contribution in [1.82, 2.24) is 4.98 Å². The van der Waals surface area contributed by atoms with Crippen molar-refractivity contribution in [2.75, 3.05) is 5.32 Å². The number of pyridine rings is 1.